The molecule has 1 N–H and O–H groups in total. The molecule has 120 valence electrons. The van der Waals surface area contributed by atoms with Gasteiger partial charge in [0, 0.05) is 18.8 Å². The fraction of sp³-hybridized carbons (Fsp3) is 0.350. The molecule has 1 heterocycles. The van der Waals surface area contributed by atoms with Crippen LogP contribution in [0.4, 0.5) is 5.69 Å². The number of rotatable bonds is 4. The van der Waals surface area contributed by atoms with Gasteiger partial charge in [0.05, 0.1) is 6.54 Å². The summed E-state index contributed by atoms with van der Waals surface area (Å²) in [6.45, 7) is 4.05. The van der Waals surface area contributed by atoms with Crippen LogP contribution in [0.3, 0.4) is 0 Å². The smallest absolute Gasteiger partial charge is 0.239 e. The van der Waals surface area contributed by atoms with Crippen molar-refractivity contribution in [2.75, 3.05) is 18.0 Å². The lowest BCUT2D eigenvalue weighted by Gasteiger charge is -2.24. The summed E-state index contributed by atoms with van der Waals surface area (Å²) in [6, 6.07) is 16.7. The Labute approximate surface area is 138 Å². The SMILES string of the molecule is Cc1cccc(CNC(=O)CN2CCCCc3ccccc32)c1. The lowest BCUT2D eigenvalue weighted by Crippen LogP contribution is -2.37. The van der Waals surface area contributed by atoms with E-state index in [1.54, 1.807) is 0 Å². The molecule has 0 unspecified atom stereocenters. The Kier molecular flexibility index (Phi) is 4.96. The van der Waals surface area contributed by atoms with Crippen LogP contribution in [-0.4, -0.2) is 19.0 Å². The second kappa shape index (κ2) is 7.32. The first-order valence-corrected chi connectivity index (χ1v) is 8.37. The van der Waals surface area contributed by atoms with Gasteiger partial charge in [0.2, 0.25) is 5.91 Å². The Morgan fingerprint density at radius 1 is 1.13 bits per heavy atom. The summed E-state index contributed by atoms with van der Waals surface area (Å²) in [4.78, 5) is 14.6. The van der Waals surface area contributed by atoms with E-state index in [-0.39, 0.29) is 5.91 Å². The molecule has 0 saturated carbocycles. The minimum Gasteiger partial charge on any atom is -0.362 e. The molecule has 1 amide bonds. The summed E-state index contributed by atoms with van der Waals surface area (Å²) >= 11 is 0. The Balaban J connectivity index is 1.61. The number of para-hydroxylation sites is 1. The molecule has 0 spiro atoms. The van der Waals surface area contributed by atoms with E-state index in [9.17, 15) is 4.79 Å². The number of nitrogens with zero attached hydrogens (tertiary/aromatic N) is 1. The zero-order valence-electron chi connectivity index (χ0n) is 13.7. The average Bonchev–Trinajstić information content (AvgIpc) is 2.76. The van der Waals surface area contributed by atoms with E-state index >= 15 is 0 Å². The van der Waals surface area contributed by atoms with Crippen molar-refractivity contribution in [3.63, 3.8) is 0 Å². The summed E-state index contributed by atoms with van der Waals surface area (Å²) in [5.41, 5.74) is 4.94. The third-order valence-electron chi connectivity index (χ3n) is 4.36. The number of hydrogen-bond donors (Lipinski definition) is 1. The van der Waals surface area contributed by atoms with Crippen LogP contribution in [0.15, 0.2) is 48.5 Å². The molecule has 1 aliphatic heterocycles. The lowest BCUT2D eigenvalue weighted by molar-refractivity contribution is -0.119. The van der Waals surface area contributed by atoms with E-state index in [4.69, 9.17) is 0 Å². The standard InChI is InChI=1S/C20H24N2O/c1-16-7-6-8-17(13-16)14-21-20(23)15-22-12-5-4-10-18-9-2-3-11-19(18)22/h2-3,6-9,11,13H,4-5,10,12,14-15H2,1H3,(H,21,23). The molecule has 3 heteroatoms. The normalized spacial score (nSPS) is 14.0. The van der Waals surface area contributed by atoms with E-state index in [0.717, 1.165) is 24.9 Å². The summed E-state index contributed by atoms with van der Waals surface area (Å²) in [5, 5.41) is 3.04. The van der Waals surface area contributed by atoms with Gasteiger partial charge in [-0.15, -0.1) is 0 Å². The number of aryl methyl sites for hydroxylation is 2. The highest BCUT2D eigenvalue weighted by atomic mass is 16.2. The first-order valence-electron chi connectivity index (χ1n) is 8.37. The average molecular weight is 308 g/mol. The fourth-order valence-corrected chi connectivity index (χ4v) is 3.19. The fourth-order valence-electron chi connectivity index (χ4n) is 3.19. The second-order valence-corrected chi connectivity index (χ2v) is 6.27. The maximum absolute atomic E-state index is 12.3. The molecular formula is C20H24N2O. The number of nitrogens with one attached hydrogen (secondary N) is 1. The first kappa shape index (κ1) is 15.6. The van der Waals surface area contributed by atoms with Gasteiger partial charge in [0.25, 0.3) is 0 Å². The summed E-state index contributed by atoms with van der Waals surface area (Å²) < 4.78 is 0. The van der Waals surface area contributed by atoms with Crippen molar-refractivity contribution in [3.05, 3.63) is 65.2 Å². The van der Waals surface area contributed by atoms with Gasteiger partial charge in [0.15, 0.2) is 0 Å². The van der Waals surface area contributed by atoms with Gasteiger partial charge < -0.3 is 10.2 Å². The van der Waals surface area contributed by atoms with Crippen LogP contribution in [0, 0.1) is 6.92 Å². The number of carbonyl (C=O) groups is 1. The van der Waals surface area contributed by atoms with E-state index in [2.05, 4.69) is 59.6 Å². The molecule has 23 heavy (non-hydrogen) atoms. The zero-order valence-corrected chi connectivity index (χ0v) is 13.7. The molecule has 0 aromatic heterocycles. The number of amides is 1. The van der Waals surface area contributed by atoms with Crippen molar-refractivity contribution >= 4 is 11.6 Å². The van der Waals surface area contributed by atoms with Crippen molar-refractivity contribution < 1.29 is 4.79 Å². The number of fused-ring (bicyclic) bond motifs is 1. The quantitative estimate of drug-likeness (QED) is 0.938. The monoisotopic (exact) mass is 308 g/mol. The topological polar surface area (TPSA) is 32.3 Å². The van der Waals surface area contributed by atoms with E-state index < -0.39 is 0 Å². The highest BCUT2D eigenvalue weighted by molar-refractivity contribution is 5.81. The molecular weight excluding hydrogens is 284 g/mol. The van der Waals surface area contributed by atoms with Gasteiger partial charge in [-0.25, -0.2) is 0 Å². The maximum atomic E-state index is 12.3. The minimum absolute atomic E-state index is 0.0863. The molecule has 2 aromatic rings. The number of benzene rings is 2. The zero-order chi connectivity index (χ0) is 16.1. The van der Waals surface area contributed by atoms with Crippen LogP contribution in [0.25, 0.3) is 0 Å². The molecule has 3 rings (SSSR count). The Morgan fingerprint density at radius 2 is 2.00 bits per heavy atom. The molecule has 0 fully saturated rings. The van der Waals surface area contributed by atoms with Crippen LogP contribution in [0.1, 0.15) is 29.5 Å². The minimum atomic E-state index is 0.0863. The summed E-state index contributed by atoms with van der Waals surface area (Å²) in [7, 11) is 0. The van der Waals surface area contributed by atoms with Crippen LogP contribution >= 0.6 is 0 Å². The van der Waals surface area contributed by atoms with Gasteiger partial charge in [-0.05, 0) is 43.4 Å². The summed E-state index contributed by atoms with van der Waals surface area (Å²) in [5.74, 6) is 0.0863. The lowest BCUT2D eigenvalue weighted by atomic mass is 10.1. The summed E-state index contributed by atoms with van der Waals surface area (Å²) in [6.07, 6.45) is 3.44. The molecule has 0 radical (unpaired) electrons. The maximum Gasteiger partial charge on any atom is 0.239 e. The van der Waals surface area contributed by atoms with Crippen LogP contribution in [0.2, 0.25) is 0 Å². The third kappa shape index (κ3) is 4.13. The van der Waals surface area contributed by atoms with E-state index in [1.807, 2.05) is 6.07 Å². The third-order valence-corrected chi connectivity index (χ3v) is 4.36. The molecule has 2 aromatic carbocycles. The van der Waals surface area contributed by atoms with Crippen LogP contribution in [0.5, 0.6) is 0 Å². The van der Waals surface area contributed by atoms with E-state index in [0.29, 0.717) is 13.1 Å². The van der Waals surface area contributed by atoms with Crippen LogP contribution in [-0.2, 0) is 17.8 Å². The second-order valence-electron chi connectivity index (χ2n) is 6.27. The highest BCUT2D eigenvalue weighted by Gasteiger charge is 2.17. The number of carbonyl (C=O) groups excluding carboxylic acids is 1. The number of hydrogen-bond acceptors (Lipinski definition) is 2. The van der Waals surface area contributed by atoms with Crippen molar-refractivity contribution in [2.45, 2.75) is 32.7 Å². The largest absolute Gasteiger partial charge is 0.362 e. The first-order chi connectivity index (χ1) is 11.2. The molecule has 3 nitrogen and oxygen atoms in total. The number of anilines is 1. The van der Waals surface area contributed by atoms with Crippen molar-refractivity contribution in [1.82, 2.24) is 5.32 Å². The van der Waals surface area contributed by atoms with Crippen LogP contribution < -0.4 is 10.2 Å². The predicted molar refractivity (Wildman–Crippen MR) is 94.6 cm³/mol. The molecule has 0 atom stereocenters. The van der Waals surface area contributed by atoms with Gasteiger partial charge in [0.1, 0.15) is 0 Å². The predicted octanol–water partition coefficient (Wildman–Crippen LogP) is 3.45. The Morgan fingerprint density at radius 3 is 2.87 bits per heavy atom. The van der Waals surface area contributed by atoms with Crippen molar-refractivity contribution in [1.29, 1.82) is 0 Å². The molecule has 0 aliphatic carbocycles. The molecule has 0 saturated heterocycles. The van der Waals surface area contributed by atoms with Gasteiger partial charge in [-0.2, -0.15) is 0 Å². The Hall–Kier alpha value is -2.29. The Bertz CT molecular complexity index is 681. The van der Waals surface area contributed by atoms with Gasteiger partial charge in [-0.1, -0.05) is 48.0 Å². The van der Waals surface area contributed by atoms with Gasteiger partial charge >= 0.3 is 0 Å². The van der Waals surface area contributed by atoms with E-state index in [1.165, 1.54) is 23.2 Å². The van der Waals surface area contributed by atoms with Crippen molar-refractivity contribution in [3.8, 4) is 0 Å². The van der Waals surface area contributed by atoms with Crippen molar-refractivity contribution in [2.24, 2.45) is 0 Å². The molecule has 1 aliphatic rings. The molecule has 0 bridgehead atoms. The van der Waals surface area contributed by atoms with Gasteiger partial charge in [-0.3, -0.25) is 4.79 Å². The highest BCUT2D eigenvalue weighted by Crippen LogP contribution is 2.25.